The first kappa shape index (κ1) is 13.1. The molecule has 0 unspecified atom stereocenters. The molecule has 1 aromatic heterocycles. The summed E-state index contributed by atoms with van der Waals surface area (Å²) in [5.74, 6) is 1.05. The number of rotatable bonds is 6. The Morgan fingerprint density at radius 1 is 1.22 bits per heavy atom. The first-order valence-corrected chi connectivity index (χ1v) is 6.53. The van der Waals surface area contributed by atoms with Crippen LogP contribution in [0.2, 0.25) is 0 Å². The Morgan fingerprint density at radius 2 is 2.06 bits per heavy atom. The van der Waals surface area contributed by atoms with Crippen LogP contribution in [0.3, 0.4) is 0 Å². The first-order valence-electron chi connectivity index (χ1n) is 6.00. The third kappa shape index (κ3) is 3.12. The molecule has 3 nitrogen and oxygen atoms in total. The Labute approximate surface area is 112 Å². The molecule has 96 valence electrons. The fraction of sp³-hybridized carbons (Fsp3) is 0.357. The van der Waals surface area contributed by atoms with Gasteiger partial charge in [0.1, 0.15) is 6.61 Å². The number of alkyl halides is 1. The molecule has 0 bridgehead atoms. The van der Waals surface area contributed by atoms with Gasteiger partial charge in [-0.3, -0.25) is 0 Å². The molecule has 0 atom stereocenters. The summed E-state index contributed by atoms with van der Waals surface area (Å²) in [4.78, 5) is 4.45. The highest BCUT2D eigenvalue weighted by Gasteiger charge is 2.05. The molecule has 4 heteroatoms. The molecule has 0 aliphatic heterocycles. The molecule has 0 saturated carbocycles. The highest BCUT2D eigenvalue weighted by atomic mass is 35.5. The lowest BCUT2D eigenvalue weighted by molar-refractivity contribution is 0.108. The maximum atomic E-state index is 5.95. The number of fused-ring (bicyclic) bond motifs is 1. The normalized spacial score (nSPS) is 10.8. The van der Waals surface area contributed by atoms with Crippen molar-refractivity contribution in [1.82, 2.24) is 4.98 Å². The van der Waals surface area contributed by atoms with Crippen molar-refractivity contribution >= 4 is 22.5 Å². The van der Waals surface area contributed by atoms with Crippen molar-refractivity contribution in [3.05, 3.63) is 35.9 Å². The fourth-order valence-electron chi connectivity index (χ4n) is 1.75. The lowest BCUT2D eigenvalue weighted by Crippen LogP contribution is -2.07. The minimum absolute atomic E-state index is 0.449. The van der Waals surface area contributed by atoms with Gasteiger partial charge in [0.05, 0.1) is 12.1 Å². The zero-order valence-corrected chi connectivity index (χ0v) is 11.1. The molecule has 0 aliphatic rings. The van der Waals surface area contributed by atoms with Gasteiger partial charge in [-0.2, -0.15) is 0 Å². The predicted octanol–water partition coefficient (Wildman–Crippen LogP) is 3.39. The molecule has 2 rings (SSSR count). The van der Waals surface area contributed by atoms with E-state index in [-0.39, 0.29) is 0 Å². The first-order chi connectivity index (χ1) is 8.85. The van der Waals surface area contributed by atoms with E-state index >= 15 is 0 Å². The summed E-state index contributed by atoms with van der Waals surface area (Å²) in [6.07, 6.45) is 0. The Bertz CT molecular complexity index is 516. The molecule has 0 saturated heterocycles. The second-order valence-electron chi connectivity index (χ2n) is 3.82. The Morgan fingerprint density at radius 3 is 2.83 bits per heavy atom. The quantitative estimate of drug-likeness (QED) is 0.593. The van der Waals surface area contributed by atoms with Crippen LogP contribution >= 0.6 is 11.6 Å². The van der Waals surface area contributed by atoms with Gasteiger partial charge >= 0.3 is 0 Å². The number of benzene rings is 1. The summed E-state index contributed by atoms with van der Waals surface area (Å²) in [5.41, 5.74) is 1.94. The monoisotopic (exact) mass is 265 g/mol. The van der Waals surface area contributed by atoms with E-state index in [2.05, 4.69) is 4.98 Å². The van der Waals surface area contributed by atoms with Crippen LogP contribution in [0.15, 0.2) is 30.3 Å². The van der Waals surface area contributed by atoms with Crippen molar-refractivity contribution < 1.29 is 9.47 Å². The summed E-state index contributed by atoms with van der Waals surface area (Å²) >= 11 is 5.95. The maximum absolute atomic E-state index is 5.95. The number of pyridine rings is 1. The van der Waals surface area contributed by atoms with E-state index in [1.807, 2.05) is 37.3 Å². The number of aromatic nitrogens is 1. The van der Waals surface area contributed by atoms with Crippen LogP contribution in [-0.2, 0) is 10.6 Å². The second kappa shape index (κ2) is 6.57. The van der Waals surface area contributed by atoms with Crippen LogP contribution in [0.25, 0.3) is 10.9 Å². The third-order valence-corrected chi connectivity index (χ3v) is 2.89. The number of hydrogen-bond acceptors (Lipinski definition) is 3. The largest absolute Gasteiger partial charge is 0.475 e. The van der Waals surface area contributed by atoms with E-state index in [0.29, 0.717) is 31.6 Å². The molecule has 0 radical (unpaired) electrons. The number of ether oxygens (including phenoxy) is 2. The van der Waals surface area contributed by atoms with Crippen LogP contribution in [0, 0.1) is 0 Å². The highest BCUT2D eigenvalue weighted by Crippen LogP contribution is 2.23. The smallest absolute Gasteiger partial charge is 0.214 e. The molecule has 0 aliphatic carbocycles. The molecule has 1 heterocycles. The summed E-state index contributed by atoms with van der Waals surface area (Å²) in [6, 6.07) is 9.80. The molecule has 0 N–H and O–H groups in total. The zero-order valence-electron chi connectivity index (χ0n) is 10.4. The van der Waals surface area contributed by atoms with Crippen LogP contribution in [-0.4, -0.2) is 24.8 Å². The van der Waals surface area contributed by atoms with Crippen LogP contribution < -0.4 is 4.74 Å². The van der Waals surface area contributed by atoms with Crippen LogP contribution in [0.4, 0.5) is 0 Å². The second-order valence-corrected chi connectivity index (χ2v) is 4.08. The Hall–Kier alpha value is -1.32. The molecule has 2 aromatic rings. The third-order valence-electron chi connectivity index (χ3n) is 2.60. The highest BCUT2D eigenvalue weighted by molar-refractivity contribution is 6.18. The minimum Gasteiger partial charge on any atom is -0.475 e. The summed E-state index contributed by atoms with van der Waals surface area (Å²) in [6.45, 7) is 3.73. The van der Waals surface area contributed by atoms with Crippen LogP contribution in [0.1, 0.15) is 12.5 Å². The standard InChI is InChI=1S/C14H16ClNO2/c1-2-17-7-8-18-14-9-11(10-15)12-5-3-4-6-13(12)16-14/h3-6,9H,2,7-8,10H2,1H3. The lowest BCUT2D eigenvalue weighted by Gasteiger charge is -2.09. The molecular weight excluding hydrogens is 250 g/mol. The van der Waals surface area contributed by atoms with Gasteiger partial charge in [0, 0.05) is 23.9 Å². The van der Waals surface area contributed by atoms with Crippen molar-refractivity contribution in [3.8, 4) is 5.88 Å². The average Bonchev–Trinajstić information content (AvgIpc) is 2.42. The SMILES string of the molecule is CCOCCOc1cc(CCl)c2ccccc2n1. The molecule has 18 heavy (non-hydrogen) atoms. The van der Waals surface area contributed by atoms with E-state index in [1.54, 1.807) is 0 Å². The Balaban J connectivity index is 2.18. The molecule has 1 aromatic carbocycles. The van der Waals surface area contributed by atoms with Crippen molar-refractivity contribution in [1.29, 1.82) is 0 Å². The van der Waals surface area contributed by atoms with Gasteiger partial charge in [-0.05, 0) is 18.6 Å². The van der Waals surface area contributed by atoms with Gasteiger partial charge in [-0.1, -0.05) is 18.2 Å². The number of hydrogen-bond donors (Lipinski definition) is 0. The van der Waals surface area contributed by atoms with E-state index in [4.69, 9.17) is 21.1 Å². The zero-order chi connectivity index (χ0) is 12.8. The topological polar surface area (TPSA) is 31.4 Å². The summed E-state index contributed by atoms with van der Waals surface area (Å²) < 4.78 is 10.8. The van der Waals surface area contributed by atoms with E-state index in [0.717, 1.165) is 16.5 Å². The number of nitrogens with zero attached hydrogens (tertiary/aromatic N) is 1. The van der Waals surface area contributed by atoms with Crippen molar-refractivity contribution in [2.24, 2.45) is 0 Å². The van der Waals surface area contributed by atoms with Crippen molar-refractivity contribution in [2.75, 3.05) is 19.8 Å². The van der Waals surface area contributed by atoms with Gasteiger partial charge in [0.2, 0.25) is 5.88 Å². The Kier molecular flexibility index (Phi) is 4.79. The van der Waals surface area contributed by atoms with Gasteiger partial charge in [-0.15, -0.1) is 11.6 Å². The molecule has 0 amide bonds. The maximum Gasteiger partial charge on any atom is 0.214 e. The van der Waals surface area contributed by atoms with E-state index in [1.165, 1.54) is 0 Å². The van der Waals surface area contributed by atoms with Gasteiger partial charge in [0.25, 0.3) is 0 Å². The average molecular weight is 266 g/mol. The van der Waals surface area contributed by atoms with Crippen molar-refractivity contribution in [2.45, 2.75) is 12.8 Å². The minimum atomic E-state index is 0.449. The summed E-state index contributed by atoms with van der Waals surface area (Å²) in [5, 5.41) is 1.07. The fourth-order valence-corrected chi connectivity index (χ4v) is 1.98. The van der Waals surface area contributed by atoms with Crippen molar-refractivity contribution in [3.63, 3.8) is 0 Å². The molecule has 0 spiro atoms. The predicted molar refractivity (Wildman–Crippen MR) is 73.3 cm³/mol. The van der Waals surface area contributed by atoms with Gasteiger partial charge < -0.3 is 9.47 Å². The van der Waals surface area contributed by atoms with Crippen LogP contribution in [0.5, 0.6) is 5.88 Å². The number of halogens is 1. The molecule has 0 fully saturated rings. The summed E-state index contributed by atoms with van der Waals surface area (Å²) in [7, 11) is 0. The molecular formula is C14H16ClNO2. The lowest BCUT2D eigenvalue weighted by atomic mass is 10.1. The van der Waals surface area contributed by atoms with E-state index in [9.17, 15) is 0 Å². The van der Waals surface area contributed by atoms with Gasteiger partial charge in [-0.25, -0.2) is 4.98 Å². The van der Waals surface area contributed by atoms with Gasteiger partial charge in [0.15, 0.2) is 0 Å². The number of para-hydroxylation sites is 1. The van der Waals surface area contributed by atoms with E-state index < -0.39 is 0 Å².